The van der Waals surface area contributed by atoms with E-state index in [2.05, 4.69) is 26.1 Å². The Morgan fingerprint density at radius 1 is 1.00 bits per heavy atom. The number of nitrogens with zero attached hydrogens (tertiary/aromatic N) is 1. The number of hydrogen-bond acceptors (Lipinski definition) is 5. The van der Waals surface area contributed by atoms with E-state index in [1.165, 1.54) is 9.87 Å². The van der Waals surface area contributed by atoms with E-state index in [-0.39, 0.29) is 30.4 Å². The van der Waals surface area contributed by atoms with Crippen molar-refractivity contribution in [2.75, 3.05) is 30.3 Å². The second-order valence-corrected chi connectivity index (χ2v) is 11.5. The summed E-state index contributed by atoms with van der Waals surface area (Å²) in [4.78, 5) is 12.2. The molecule has 0 aromatic heterocycles. The van der Waals surface area contributed by atoms with Gasteiger partial charge in [0.25, 0.3) is 0 Å². The Labute approximate surface area is 204 Å². The first-order valence-electron chi connectivity index (χ1n) is 11.6. The lowest BCUT2D eigenvalue weighted by Crippen LogP contribution is -2.32. The second-order valence-electron chi connectivity index (χ2n) is 9.57. The minimum Gasteiger partial charge on any atom is -0.492 e. The molecule has 0 spiro atoms. The summed E-state index contributed by atoms with van der Waals surface area (Å²) in [5, 5.41) is 2.82. The highest BCUT2D eigenvalue weighted by Crippen LogP contribution is 2.24. The zero-order valence-corrected chi connectivity index (χ0v) is 21.9. The normalized spacial score (nSPS) is 11.9. The Balaban J connectivity index is 1.76. The van der Waals surface area contributed by atoms with Crippen LogP contribution >= 0.6 is 0 Å². The van der Waals surface area contributed by atoms with Gasteiger partial charge in [-0.25, -0.2) is 8.42 Å². The maximum atomic E-state index is 12.3. The molecule has 2 aromatic carbocycles. The summed E-state index contributed by atoms with van der Waals surface area (Å²) in [6, 6.07) is 14.9. The zero-order valence-electron chi connectivity index (χ0n) is 21.1. The third kappa shape index (κ3) is 9.25. The summed E-state index contributed by atoms with van der Waals surface area (Å²) in [7, 11) is -3.48. The first-order valence-corrected chi connectivity index (χ1v) is 13.5. The number of rotatable bonds is 12. The van der Waals surface area contributed by atoms with Crippen molar-refractivity contribution >= 4 is 21.6 Å². The van der Waals surface area contributed by atoms with Gasteiger partial charge in [-0.1, -0.05) is 32.9 Å². The predicted molar refractivity (Wildman–Crippen MR) is 137 cm³/mol. The molecule has 0 aliphatic carbocycles. The van der Waals surface area contributed by atoms with Gasteiger partial charge in [0.1, 0.15) is 18.1 Å². The quantitative estimate of drug-likeness (QED) is 0.443. The van der Waals surface area contributed by atoms with Crippen LogP contribution in [0.3, 0.4) is 0 Å². The lowest BCUT2D eigenvalue weighted by atomic mass is 9.87. The Bertz CT molecular complexity index is 1010. The molecule has 0 bridgehead atoms. The van der Waals surface area contributed by atoms with Crippen molar-refractivity contribution in [2.45, 2.75) is 59.0 Å². The molecule has 188 valence electrons. The molecule has 0 saturated heterocycles. The number of amides is 1. The third-order valence-corrected chi connectivity index (χ3v) is 6.27. The van der Waals surface area contributed by atoms with Gasteiger partial charge >= 0.3 is 0 Å². The van der Waals surface area contributed by atoms with Crippen LogP contribution in [0.2, 0.25) is 0 Å². The molecule has 8 heteroatoms. The summed E-state index contributed by atoms with van der Waals surface area (Å²) < 4.78 is 37.1. The van der Waals surface area contributed by atoms with Crippen LogP contribution in [0.4, 0.5) is 5.69 Å². The molecule has 0 fully saturated rings. The molecule has 2 rings (SSSR count). The monoisotopic (exact) mass is 490 g/mol. The summed E-state index contributed by atoms with van der Waals surface area (Å²) >= 11 is 0. The second kappa shape index (κ2) is 12.1. The lowest BCUT2D eigenvalue weighted by Gasteiger charge is -2.22. The minimum atomic E-state index is -3.48. The number of carbonyl (C=O) groups is 1. The largest absolute Gasteiger partial charge is 0.492 e. The summed E-state index contributed by atoms with van der Waals surface area (Å²) in [5.74, 6) is 1.30. The fourth-order valence-electron chi connectivity index (χ4n) is 3.33. The van der Waals surface area contributed by atoms with E-state index in [0.29, 0.717) is 31.0 Å². The average Bonchev–Trinajstić information content (AvgIpc) is 2.73. The van der Waals surface area contributed by atoms with E-state index in [9.17, 15) is 13.2 Å². The minimum absolute atomic E-state index is 0.0368. The molecule has 0 aliphatic rings. The molecular formula is C26H38N2O5S. The Morgan fingerprint density at radius 3 is 2.12 bits per heavy atom. The molecule has 0 atom stereocenters. The van der Waals surface area contributed by atoms with Gasteiger partial charge in [0.05, 0.1) is 24.6 Å². The number of ether oxygens (including phenoxy) is 2. The molecule has 7 nitrogen and oxygen atoms in total. The van der Waals surface area contributed by atoms with E-state index in [1.807, 2.05) is 38.1 Å². The van der Waals surface area contributed by atoms with Crippen molar-refractivity contribution < 1.29 is 22.7 Å². The van der Waals surface area contributed by atoms with Gasteiger partial charge in [0.2, 0.25) is 15.9 Å². The van der Waals surface area contributed by atoms with Crippen molar-refractivity contribution in [3.63, 3.8) is 0 Å². The highest BCUT2D eigenvalue weighted by Gasteiger charge is 2.18. The van der Waals surface area contributed by atoms with Gasteiger partial charge in [0, 0.05) is 13.0 Å². The van der Waals surface area contributed by atoms with Gasteiger partial charge in [-0.05, 0) is 67.6 Å². The van der Waals surface area contributed by atoms with Crippen molar-refractivity contribution in [1.82, 2.24) is 5.32 Å². The van der Waals surface area contributed by atoms with Gasteiger partial charge in [-0.15, -0.1) is 0 Å². The third-order valence-electron chi connectivity index (χ3n) is 5.08. The number of hydrogen-bond donors (Lipinski definition) is 1. The van der Waals surface area contributed by atoms with Crippen LogP contribution in [-0.4, -0.2) is 46.4 Å². The number of benzene rings is 2. The topological polar surface area (TPSA) is 84.9 Å². The summed E-state index contributed by atoms with van der Waals surface area (Å²) in [5.41, 5.74) is 1.87. The molecule has 0 saturated carbocycles. The van der Waals surface area contributed by atoms with Crippen LogP contribution in [-0.2, 0) is 20.2 Å². The van der Waals surface area contributed by atoms with Crippen molar-refractivity contribution in [1.29, 1.82) is 0 Å². The van der Waals surface area contributed by atoms with Crippen molar-refractivity contribution in [3.8, 4) is 11.5 Å². The van der Waals surface area contributed by atoms with E-state index in [4.69, 9.17) is 9.47 Å². The van der Waals surface area contributed by atoms with Crippen LogP contribution in [0.5, 0.6) is 11.5 Å². The predicted octanol–water partition coefficient (Wildman–Crippen LogP) is 4.51. The average molecular weight is 491 g/mol. The smallest absolute Gasteiger partial charge is 0.232 e. The van der Waals surface area contributed by atoms with E-state index in [0.717, 1.165) is 12.0 Å². The Kier molecular flexibility index (Phi) is 9.79. The summed E-state index contributed by atoms with van der Waals surface area (Å²) in [6.45, 7) is 11.3. The van der Waals surface area contributed by atoms with Crippen LogP contribution in [0.15, 0.2) is 48.5 Å². The highest BCUT2D eigenvalue weighted by atomic mass is 32.2. The Morgan fingerprint density at radius 2 is 1.59 bits per heavy atom. The van der Waals surface area contributed by atoms with Crippen LogP contribution in [0, 0.1) is 0 Å². The number of carbonyl (C=O) groups excluding carboxylic acids is 1. The molecule has 1 amide bonds. The lowest BCUT2D eigenvalue weighted by molar-refractivity contribution is -0.121. The molecular weight excluding hydrogens is 452 g/mol. The van der Waals surface area contributed by atoms with Crippen LogP contribution < -0.4 is 19.1 Å². The standard InChI is InChI=1S/C26H38N2O5S/c1-20(2)33-24-15-11-22(12-16-24)28(34(6,30)31)18-7-8-25(29)27-17-19-32-23-13-9-21(10-14-23)26(3,4)5/h9-16,20H,7-8,17-19H2,1-6H3,(H,27,29). The zero-order chi connectivity index (χ0) is 25.4. The molecule has 0 unspecified atom stereocenters. The van der Waals surface area contributed by atoms with Gasteiger partial charge < -0.3 is 14.8 Å². The first-order chi connectivity index (χ1) is 15.9. The van der Waals surface area contributed by atoms with Gasteiger partial charge in [0.15, 0.2) is 0 Å². The van der Waals surface area contributed by atoms with Gasteiger partial charge in [-0.2, -0.15) is 0 Å². The SMILES string of the molecule is CC(C)Oc1ccc(N(CCCC(=O)NCCOc2ccc(C(C)(C)C)cc2)S(C)(=O)=O)cc1. The molecule has 34 heavy (non-hydrogen) atoms. The Hall–Kier alpha value is -2.74. The van der Waals surface area contributed by atoms with Crippen LogP contribution in [0.1, 0.15) is 53.0 Å². The fourth-order valence-corrected chi connectivity index (χ4v) is 4.30. The maximum Gasteiger partial charge on any atom is 0.232 e. The summed E-state index contributed by atoms with van der Waals surface area (Å²) in [6.07, 6.45) is 1.82. The number of nitrogens with one attached hydrogen (secondary N) is 1. The molecule has 0 aliphatic heterocycles. The molecule has 0 heterocycles. The van der Waals surface area contributed by atoms with Crippen molar-refractivity contribution in [2.24, 2.45) is 0 Å². The molecule has 0 radical (unpaired) electrons. The van der Waals surface area contributed by atoms with Crippen molar-refractivity contribution in [3.05, 3.63) is 54.1 Å². The van der Waals surface area contributed by atoms with Gasteiger partial charge in [-0.3, -0.25) is 9.10 Å². The van der Waals surface area contributed by atoms with E-state index < -0.39 is 10.0 Å². The fraction of sp³-hybridized carbons (Fsp3) is 0.500. The first kappa shape index (κ1) is 27.5. The van der Waals surface area contributed by atoms with E-state index >= 15 is 0 Å². The highest BCUT2D eigenvalue weighted by molar-refractivity contribution is 7.92. The number of sulfonamides is 1. The maximum absolute atomic E-state index is 12.3. The van der Waals surface area contributed by atoms with E-state index in [1.54, 1.807) is 24.3 Å². The molecule has 2 aromatic rings. The number of anilines is 1. The molecule has 1 N–H and O–H groups in total. The van der Waals surface area contributed by atoms with Crippen LogP contribution in [0.25, 0.3) is 0 Å².